The Bertz CT molecular complexity index is 574. The predicted molar refractivity (Wildman–Crippen MR) is 103 cm³/mol. The predicted octanol–water partition coefficient (Wildman–Crippen LogP) is 4.11. The summed E-state index contributed by atoms with van der Waals surface area (Å²) in [4.78, 5) is 14.9. The van der Waals surface area contributed by atoms with E-state index in [0.29, 0.717) is 11.5 Å². The summed E-state index contributed by atoms with van der Waals surface area (Å²) in [5, 5.41) is 0. The van der Waals surface area contributed by atoms with Crippen LogP contribution in [0.15, 0.2) is 30.3 Å². The van der Waals surface area contributed by atoms with E-state index in [0.717, 1.165) is 37.4 Å². The zero-order valence-electron chi connectivity index (χ0n) is 16.1. The van der Waals surface area contributed by atoms with Gasteiger partial charge in [0, 0.05) is 6.04 Å². The zero-order chi connectivity index (χ0) is 18.1. The minimum atomic E-state index is -0.472. The molecule has 0 radical (unpaired) electrons. The summed E-state index contributed by atoms with van der Waals surface area (Å²) in [6.45, 7) is 9.10. The smallest absolute Gasteiger partial charge is 0.228 e. The van der Waals surface area contributed by atoms with Crippen molar-refractivity contribution in [2.45, 2.75) is 70.8 Å². The van der Waals surface area contributed by atoms with Gasteiger partial charge in [0.25, 0.3) is 0 Å². The second-order valence-electron chi connectivity index (χ2n) is 9.22. The highest BCUT2D eigenvalue weighted by atomic mass is 16.1. The molecule has 1 amide bonds. The molecular formula is C22H34N2O. The molecule has 138 valence electrons. The summed E-state index contributed by atoms with van der Waals surface area (Å²) in [7, 11) is 0. The van der Waals surface area contributed by atoms with Crippen LogP contribution in [0.4, 0.5) is 0 Å². The van der Waals surface area contributed by atoms with Crippen LogP contribution >= 0.6 is 0 Å². The van der Waals surface area contributed by atoms with Gasteiger partial charge in [-0.25, -0.2) is 0 Å². The average Bonchev–Trinajstić information content (AvgIpc) is 2.62. The van der Waals surface area contributed by atoms with E-state index in [1.54, 1.807) is 0 Å². The SMILES string of the molecule is CC(C)(C)C1CCC(N2CCC(C(N)=O)(c3ccccc3)CC2)CC1. The molecule has 3 nitrogen and oxygen atoms in total. The molecular weight excluding hydrogens is 308 g/mol. The number of hydrogen-bond donors (Lipinski definition) is 1. The number of amides is 1. The van der Waals surface area contributed by atoms with E-state index >= 15 is 0 Å². The van der Waals surface area contributed by atoms with E-state index < -0.39 is 5.41 Å². The van der Waals surface area contributed by atoms with E-state index in [9.17, 15) is 4.79 Å². The Morgan fingerprint density at radius 1 is 1.04 bits per heavy atom. The molecule has 2 aliphatic rings. The molecule has 1 aromatic carbocycles. The molecule has 0 unspecified atom stereocenters. The average molecular weight is 343 g/mol. The fourth-order valence-electron chi connectivity index (χ4n) is 5.01. The molecule has 0 bridgehead atoms. The van der Waals surface area contributed by atoms with Gasteiger partial charge in [-0.2, -0.15) is 0 Å². The fourth-order valence-corrected chi connectivity index (χ4v) is 5.01. The summed E-state index contributed by atoms with van der Waals surface area (Å²) in [5.41, 5.74) is 6.92. The lowest BCUT2D eigenvalue weighted by molar-refractivity contribution is -0.125. The van der Waals surface area contributed by atoms with Crippen LogP contribution in [0.2, 0.25) is 0 Å². The number of rotatable bonds is 3. The second kappa shape index (κ2) is 7.11. The Morgan fingerprint density at radius 3 is 2.08 bits per heavy atom. The third-order valence-corrected chi connectivity index (χ3v) is 6.89. The summed E-state index contributed by atoms with van der Waals surface area (Å²) in [5.74, 6) is 0.692. The lowest BCUT2D eigenvalue weighted by Gasteiger charge is -2.46. The molecule has 0 aromatic heterocycles. The van der Waals surface area contributed by atoms with Gasteiger partial charge in [0.15, 0.2) is 0 Å². The molecule has 2 N–H and O–H groups in total. The molecule has 1 aliphatic carbocycles. The van der Waals surface area contributed by atoms with Crippen LogP contribution < -0.4 is 5.73 Å². The Hall–Kier alpha value is -1.35. The zero-order valence-corrected chi connectivity index (χ0v) is 16.1. The lowest BCUT2D eigenvalue weighted by atomic mass is 9.69. The van der Waals surface area contributed by atoms with Crippen molar-refractivity contribution >= 4 is 5.91 Å². The molecule has 0 atom stereocenters. The summed E-state index contributed by atoms with van der Waals surface area (Å²) in [6.07, 6.45) is 6.99. The highest BCUT2D eigenvalue weighted by Crippen LogP contribution is 2.41. The summed E-state index contributed by atoms with van der Waals surface area (Å²) < 4.78 is 0. The third kappa shape index (κ3) is 3.76. The van der Waals surface area contributed by atoms with Gasteiger partial charge in [0.2, 0.25) is 5.91 Å². The minimum Gasteiger partial charge on any atom is -0.369 e. The molecule has 0 spiro atoms. The first-order valence-electron chi connectivity index (χ1n) is 9.92. The van der Waals surface area contributed by atoms with E-state index in [2.05, 4.69) is 37.8 Å². The van der Waals surface area contributed by atoms with E-state index in [-0.39, 0.29) is 5.91 Å². The van der Waals surface area contributed by atoms with E-state index in [1.165, 1.54) is 25.7 Å². The van der Waals surface area contributed by atoms with Gasteiger partial charge in [-0.15, -0.1) is 0 Å². The first-order valence-corrected chi connectivity index (χ1v) is 9.92. The molecule has 1 aliphatic heterocycles. The lowest BCUT2D eigenvalue weighted by Crippen LogP contribution is -2.53. The number of piperidine rings is 1. The van der Waals surface area contributed by atoms with Crippen LogP contribution in [0.3, 0.4) is 0 Å². The van der Waals surface area contributed by atoms with E-state index in [4.69, 9.17) is 5.73 Å². The van der Waals surface area contributed by atoms with Gasteiger partial charge >= 0.3 is 0 Å². The number of hydrogen-bond acceptors (Lipinski definition) is 2. The molecule has 3 rings (SSSR count). The van der Waals surface area contributed by atoms with Gasteiger partial charge in [0.05, 0.1) is 5.41 Å². The quantitative estimate of drug-likeness (QED) is 0.898. The number of nitrogens with two attached hydrogens (primary N) is 1. The van der Waals surface area contributed by atoms with Crippen molar-refractivity contribution in [2.24, 2.45) is 17.1 Å². The van der Waals surface area contributed by atoms with Gasteiger partial charge in [-0.05, 0) is 68.5 Å². The topological polar surface area (TPSA) is 46.3 Å². The van der Waals surface area contributed by atoms with Crippen molar-refractivity contribution in [3.63, 3.8) is 0 Å². The normalized spacial score (nSPS) is 27.8. The number of carbonyl (C=O) groups excluding carboxylic acids is 1. The largest absolute Gasteiger partial charge is 0.369 e. The second-order valence-corrected chi connectivity index (χ2v) is 9.22. The Balaban J connectivity index is 1.63. The van der Waals surface area contributed by atoms with E-state index in [1.807, 2.05) is 18.2 Å². The number of primary amides is 1. The van der Waals surface area contributed by atoms with Crippen molar-refractivity contribution in [2.75, 3.05) is 13.1 Å². The molecule has 1 saturated carbocycles. The van der Waals surface area contributed by atoms with Gasteiger partial charge in [0.1, 0.15) is 0 Å². The van der Waals surface area contributed by atoms with Crippen LogP contribution in [0.25, 0.3) is 0 Å². The van der Waals surface area contributed by atoms with Crippen LogP contribution in [-0.4, -0.2) is 29.9 Å². The maximum absolute atomic E-state index is 12.3. The maximum atomic E-state index is 12.3. The maximum Gasteiger partial charge on any atom is 0.228 e. The van der Waals surface area contributed by atoms with Crippen LogP contribution in [0, 0.1) is 11.3 Å². The minimum absolute atomic E-state index is 0.158. The van der Waals surface area contributed by atoms with Gasteiger partial charge in [-0.1, -0.05) is 51.1 Å². The van der Waals surface area contributed by atoms with Crippen LogP contribution in [0.5, 0.6) is 0 Å². The Labute approximate surface area is 153 Å². The van der Waals surface area contributed by atoms with Crippen LogP contribution in [0.1, 0.15) is 64.9 Å². The molecule has 1 aromatic rings. The van der Waals surface area contributed by atoms with Gasteiger partial charge in [-0.3, -0.25) is 4.79 Å². The monoisotopic (exact) mass is 342 g/mol. The van der Waals surface area contributed by atoms with Crippen LogP contribution in [-0.2, 0) is 10.2 Å². The third-order valence-electron chi connectivity index (χ3n) is 6.89. The molecule has 1 heterocycles. The number of likely N-dealkylation sites (tertiary alicyclic amines) is 1. The molecule has 2 fully saturated rings. The first-order chi connectivity index (χ1) is 11.8. The molecule has 3 heteroatoms. The number of carbonyl (C=O) groups is 1. The number of benzene rings is 1. The van der Waals surface area contributed by atoms with Gasteiger partial charge < -0.3 is 10.6 Å². The Morgan fingerprint density at radius 2 is 1.60 bits per heavy atom. The molecule has 25 heavy (non-hydrogen) atoms. The highest BCUT2D eigenvalue weighted by Gasteiger charge is 2.43. The first kappa shape index (κ1) is 18.4. The Kier molecular flexibility index (Phi) is 5.24. The summed E-state index contributed by atoms with van der Waals surface area (Å²) >= 11 is 0. The van der Waals surface area contributed by atoms with Crippen molar-refractivity contribution in [3.05, 3.63) is 35.9 Å². The number of nitrogens with zero attached hydrogens (tertiary/aromatic N) is 1. The molecule has 1 saturated heterocycles. The summed E-state index contributed by atoms with van der Waals surface area (Å²) in [6, 6.07) is 10.9. The van der Waals surface area contributed by atoms with Crippen molar-refractivity contribution in [3.8, 4) is 0 Å². The van der Waals surface area contributed by atoms with Crippen molar-refractivity contribution in [1.82, 2.24) is 4.90 Å². The van der Waals surface area contributed by atoms with Crippen molar-refractivity contribution in [1.29, 1.82) is 0 Å². The fraction of sp³-hybridized carbons (Fsp3) is 0.682. The standard InChI is InChI=1S/C22H34N2O/c1-21(2,3)17-9-11-19(12-10-17)24-15-13-22(14-16-24,20(23)25)18-7-5-4-6-8-18/h4-8,17,19H,9-16H2,1-3H3,(H2,23,25). The highest BCUT2D eigenvalue weighted by molar-refractivity contribution is 5.86. The van der Waals surface area contributed by atoms with Crippen molar-refractivity contribution < 1.29 is 4.79 Å².